The Morgan fingerprint density at radius 1 is 1.53 bits per heavy atom. The van der Waals surface area contributed by atoms with Crippen LogP contribution in [0.2, 0.25) is 0 Å². The molecule has 0 saturated carbocycles. The van der Waals surface area contributed by atoms with Crippen molar-refractivity contribution >= 4 is 11.9 Å². The second-order valence-corrected chi connectivity index (χ2v) is 4.18. The van der Waals surface area contributed by atoms with E-state index in [0.29, 0.717) is 25.8 Å². The van der Waals surface area contributed by atoms with Gasteiger partial charge >= 0.3 is 11.9 Å². The van der Waals surface area contributed by atoms with Crippen LogP contribution in [0.15, 0.2) is 0 Å². The van der Waals surface area contributed by atoms with Crippen molar-refractivity contribution in [3.63, 3.8) is 0 Å². The number of nitrogens with two attached hydrogens (primary N) is 2. The molecule has 0 spiro atoms. The summed E-state index contributed by atoms with van der Waals surface area (Å²) in [6.45, 7) is 0.694. The van der Waals surface area contributed by atoms with Gasteiger partial charge in [0.05, 0.1) is 6.17 Å². The molecule has 0 aromatic rings. The molecule has 1 rings (SSSR count). The molecule has 98 valence electrons. The molecular formula is C10H19N3O4. The molecular weight excluding hydrogens is 226 g/mol. The van der Waals surface area contributed by atoms with Crippen LogP contribution in [0.4, 0.5) is 0 Å². The monoisotopic (exact) mass is 245 g/mol. The van der Waals surface area contributed by atoms with Crippen molar-refractivity contribution in [3.05, 3.63) is 0 Å². The number of aliphatic carboxylic acids is 1. The van der Waals surface area contributed by atoms with Crippen molar-refractivity contribution in [1.82, 2.24) is 4.90 Å². The first-order valence-corrected chi connectivity index (χ1v) is 5.70. The quantitative estimate of drug-likeness (QED) is 0.535. The fraction of sp³-hybridized carbons (Fsp3) is 0.800. The molecule has 0 aromatic carbocycles. The summed E-state index contributed by atoms with van der Waals surface area (Å²) < 4.78 is 0. The minimum absolute atomic E-state index is 0.204. The van der Waals surface area contributed by atoms with E-state index in [0.717, 1.165) is 6.42 Å². The molecule has 0 bridgehead atoms. The van der Waals surface area contributed by atoms with Crippen LogP contribution >= 0.6 is 0 Å². The number of rotatable bonds is 6. The molecule has 0 aromatic heterocycles. The Hall–Kier alpha value is -1.18. The predicted molar refractivity (Wildman–Crippen MR) is 59.5 cm³/mol. The maximum Gasteiger partial charge on any atom is 0.324 e. The van der Waals surface area contributed by atoms with Crippen molar-refractivity contribution in [3.8, 4) is 0 Å². The van der Waals surface area contributed by atoms with Gasteiger partial charge in [-0.2, -0.15) is 5.90 Å². The van der Waals surface area contributed by atoms with E-state index in [9.17, 15) is 9.59 Å². The summed E-state index contributed by atoms with van der Waals surface area (Å²) in [7, 11) is 0. The van der Waals surface area contributed by atoms with Crippen LogP contribution < -0.4 is 11.6 Å². The average Bonchev–Trinajstić information content (AvgIpc) is 2.77. The average molecular weight is 245 g/mol. The SMILES string of the molecule is NOC(=O)CCCC(N)N1CCC[C@@H]1C(=O)O. The molecule has 2 atom stereocenters. The van der Waals surface area contributed by atoms with Crippen LogP contribution in [0, 0.1) is 0 Å². The number of carbonyl (C=O) groups excluding carboxylic acids is 1. The highest BCUT2D eigenvalue weighted by Crippen LogP contribution is 2.20. The van der Waals surface area contributed by atoms with Crippen LogP contribution in [0.25, 0.3) is 0 Å². The summed E-state index contributed by atoms with van der Waals surface area (Å²) in [6, 6.07) is -0.494. The van der Waals surface area contributed by atoms with Gasteiger partial charge < -0.3 is 15.7 Å². The number of likely N-dealkylation sites (tertiary alicyclic amines) is 1. The van der Waals surface area contributed by atoms with E-state index >= 15 is 0 Å². The van der Waals surface area contributed by atoms with E-state index in [2.05, 4.69) is 4.84 Å². The molecule has 7 nitrogen and oxygen atoms in total. The molecule has 0 aliphatic carbocycles. The van der Waals surface area contributed by atoms with Crippen LogP contribution in [0.1, 0.15) is 32.1 Å². The zero-order valence-electron chi connectivity index (χ0n) is 9.67. The van der Waals surface area contributed by atoms with E-state index in [-0.39, 0.29) is 12.6 Å². The molecule has 1 heterocycles. The van der Waals surface area contributed by atoms with Gasteiger partial charge in [0.25, 0.3) is 0 Å². The van der Waals surface area contributed by atoms with Gasteiger partial charge in [0.1, 0.15) is 6.04 Å². The van der Waals surface area contributed by atoms with Gasteiger partial charge in [0, 0.05) is 13.0 Å². The summed E-state index contributed by atoms with van der Waals surface area (Å²) >= 11 is 0. The fourth-order valence-corrected chi connectivity index (χ4v) is 2.13. The Morgan fingerprint density at radius 2 is 2.24 bits per heavy atom. The number of carbonyl (C=O) groups is 2. The molecule has 17 heavy (non-hydrogen) atoms. The van der Waals surface area contributed by atoms with Gasteiger partial charge in [0.2, 0.25) is 0 Å². The van der Waals surface area contributed by atoms with Crippen molar-refractivity contribution in [1.29, 1.82) is 0 Å². The zero-order chi connectivity index (χ0) is 12.8. The van der Waals surface area contributed by atoms with Crippen molar-refractivity contribution in [2.45, 2.75) is 44.3 Å². The highest BCUT2D eigenvalue weighted by Gasteiger charge is 2.33. The summed E-state index contributed by atoms with van der Waals surface area (Å²) in [4.78, 5) is 27.6. The molecule has 1 unspecified atom stereocenters. The Balaban J connectivity index is 2.34. The normalized spacial score (nSPS) is 22.4. The predicted octanol–water partition coefficient (Wildman–Crippen LogP) is -0.593. The van der Waals surface area contributed by atoms with Gasteiger partial charge in [-0.25, -0.2) is 0 Å². The summed E-state index contributed by atoms with van der Waals surface area (Å²) in [5.41, 5.74) is 5.91. The number of nitrogens with zero attached hydrogens (tertiary/aromatic N) is 1. The van der Waals surface area contributed by atoms with Gasteiger partial charge in [-0.15, -0.1) is 0 Å². The van der Waals surface area contributed by atoms with E-state index < -0.39 is 18.0 Å². The zero-order valence-corrected chi connectivity index (χ0v) is 9.67. The Morgan fingerprint density at radius 3 is 2.82 bits per heavy atom. The van der Waals surface area contributed by atoms with Gasteiger partial charge in [-0.05, 0) is 25.7 Å². The second-order valence-electron chi connectivity index (χ2n) is 4.18. The lowest BCUT2D eigenvalue weighted by atomic mass is 10.1. The van der Waals surface area contributed by atoms with E-state index in [4.69, 9.17) is 16.7 Å². The highest BCUT2D eigenvalue weighted by atomic mass is 16.7. The van der Waals surface area contributed by atoms with Crippen molar-refractivity contribution < 1.29 is 19.5 Å². The lowest BCUT2D eigenvalue weighted by molar-refractivity contribution is -0.145. The summed E-state index contributed by atoms with van der Waals surface area (Å²) in [5.74, 6) is 3.39. The smallest absolute Gasteiger partial charge is 0.324 e. The minimum Gasteiger partial charge on any atom is -0.480 e. The molecule has 7 heteroatoms. The topological polar surface area (TPSA) is 119 Å². The lowest BCUT2D eigenvalue weighted by Gasteiger charge is -2.27. The number of hydrogen-bond donors (Lipinski definition) is 3. The number of carboxylic acids is 1. The third kappa shape index (κ3) is 3.95. The first-order valence-electron chi connectivity index (χ1n) is 5.70. The van der Waals surface area contributed by atoms with Gasteiger partial charge in [-0.3, -0.25) is 14.5 Å². The lowest BCUT2D eigenvalue weighted by Crippen LogP contribution is -2.47. The van der Waals surface area contributed by atoms with Crippen LogP contribution in [0.3, 0.4) is 0 Å². The Labute approximate surface area is 99.6 Å². The van der Waals surface area contributed by atoms with Crippen molar-refractivity contribution in [2.75, 3.05) is 6.54 Å². The van der Waals surface area contributed by atoms with Crippen LogP contribution in [-0.2, 0) is 14.4 Å². The van der Waals surface area contributed by atoms with E-state index in [1.165, 1.54) is 0 Å². The maximum atomic E-state index is 11.0. The van der Waals surface area contributed by atoms with E-state index in [1.54, 1.807) is 4.90 Å². The molecule has 5 N–H and O–H groups in total. The Bertz CT molecular complexity index is 285. The third-order valence-corrected chi connectivity index (χ3v) is 3.02. The summed E-state index contributed by atoms with van der Waals surface area (Å²) in [5, 5.41) is 9.00. The Kier molecular flexibility index (Phi) is 5.33. The molecule has 1 fully saturated rings. The number of hydrogen-bond acceptors (Lipinski definition) is 6. The summed E-state index contributed by atoms with van der Waals surface area (Å²) in [6.07, 6.45) is 2.45. The van der Waals surface area contributed by atoms with Crippen molar-refractivity contribution in [2.24, 2.45) is 11.6 Å². The molecule has 1 aliphatic rings. The van der Waals surface area contributed by atoms with Gasteiger partial charge in [-0.1, -0.05) is 0 Å². The minimum atomic E-state index is -0.834. The highest BCUT2D eigenvalue weighted by molar-refractivity contribution is 5.73. The number of carboxylic acid groups (broad SMARTS) is 1. The first-order chi connectivity index (χ1) is 8.06. The first kappa shape index (κ1) is 13.9. The van der Waals surface area contributed by atoms with Gasteiger partial charge in [0.15, 0.2) is 0 Å². The second kappa shape index (κ2) is 6.53. The fourth-order valence-electron chi connectivity index (χ4n) is 2.13. The molecule has 1 saturated heterocycles. The van der Waals surface area contributed by atoms with Crippen LogP contribution in [-0.4, -0.2) is 40.7 Å². The third-order valence-electron chi connectivity index (χ3n) is 3.02. The molecule has 0 amide bonds. The van der Waals surface area contributed by atoms with Crippen LogP contribution in [0.5, 0.6) is 0 Å². The molecule has 1 aliphatic heterocycles. The largest absolute Gasteiger partial charge is 0.480 e. The standard InChI is InChI=1S/C10H19N3O4/c11-8(4-1-5-9(14)17-12)13-6-2-3-7(13)10(15)16/h7-8H,1-6,11-12H2,(H,15,16)/t7-,8?/m1/s1. The van der Waals surface area contributed by atoms with E-state index in [1.807, 2.05) is 0 Å². The maximum absolute atomic E-state index is 11.0. The molecule has 0 radical (unpaired) electrons.